The van der Waals surface area contributed by atoms with Crippen molar-refractivity contribution in [2.45, 2.75) is 19.4 Å². The van der Waals surface area contributed by atoms with Gasteiger partial charge < -0.3 is 9.84 Å². The summed E-state index contributed by atoms with van der Waals surface area (Å²) < 4.78 is 18.9. The number of carbonyl (C=O) groups is 1. The fourth-order valence-electron chi connectivity index (χ4n) is 1.82. The average Bonchev–Trinajstić information content (AvgIpc) is 2.46. The summed E-state index contributed by atoms with van der Waals surface area (Å²) in [7, 11) is 0. The topological polar surface area (TPSA) is 46.5 Å². The highest BCUT2D eigenvalue weighted by molar-refractivity contribution is 6.32. The monoisotopic (exact) mass is 308 g/mol. The van der Waals surface area contributed by atoms with E-state index in [1.807, 2.05) is 0 Å². The van der Waals surface area contributed by atoms with E-state index in [0.29, 0.717) is 5.56 Å². The quantitative estimate of drug-likeness (QED) is 0.898. The van der Waals surface area contributed by atoms with E-state index in [1.165, 1.54) is 12.1 Å². The molecule has 0 bridgehead atoms. The fraction of sp³-hybridized carbons (Fsp3) is 0.188. The van der Waals surface area contributed by atoms with Crippen LogP contribution in [-0.4, -0.2) is 11.1 Å². The Morgan fingerprint density at radius 2 is 1.95 bits per heavy atom. The molecule has 5 heteroatoms. The van der Waals surface area contributed by atoms with Crippen LogP contribution in [0.25, 0.3) is 0 Å². The summed E-state index contributed by atoms with van der Waals surface area (Å²) in [6, 6.07) is 11.3. The number of hydrogen-bond donors (Lipinski definition) is 1. The van der Waals surface area contributed by atoms with Gasteiger partial charge >= 0.3 is 5.97 Å². The summed E-state index contributed by atoms with van der Waals surface area (Å²) in [5.74, 6) is -1.95. The number of rotatable bonds is 5. The van der Waals surface area contributed by atoms with Crippen molar-refractivity contribution in [3.05, 3.63) is 64.4 Å². The molecule has 0 spiro atoms. The van der Waals surface area contributed by atoms with Gasteiger partial charge in [0.25, 0.3) is 0 Å². The van der Waals surface area contributed by atoms with Gasteiger partial charge in [0.05, 0.1) is 10.9 Å². The Morgan fingerprint density at radius 3 is 2.52 bits per heavy atom. The van der Waals surface area contributed by atoms with Crippen LogP contribution in [0, 0.1) is 5.82 Å². The first-order chi connectivity index (χ1) is 9.99. The minimum absolute atomic E-state index is 0.0159. The molecule has 0 radical (unpaired) electrons. The van der Waals surface area contributed by atoms with Crippen LogP contribution < -0.4 is 4.74 Å². The highest BCUT2D eigenvalue weighted by Gasteiger charge is 2.13. The van der Waals surface area contributed by atoms with E-state index in [-0.39, 0.29) is 17.4 Å². The third-order valence-electron chi connectivity index (χ3n) is 3.15. The maximum absolute atomic E-state index is 13.5. The van der Waals surface area contributed by atoms with Gasteiger partial charge in [-0.15, -0.1) is 0 Å². The standard InChI is InChI=1S/C16H14ClFO3/c1-10(16(19)20)12-7-5-11(6-8-12)9-21-15-13(17)3-2-4-14(15)18/h2-8,10H,9H2,1H3,(H,19,20). The molecule has 2 aromatic rings. The number of carboxylic acids is 1. The van der Waals surface area contributed by atoms with Crippen LogP contribution in [0.1, 0.15) is 24.0 Å². The van der Waals surface area contributed by atoms with Gasteiger partial charge in [-0.05, 0) is 30.2 Å². The zero-order chi connectivity index (χ0) is 15.4. The highest BCUT2D eigenvalue weighted by Crippen LogP contribution is 2.28. The van der Waals surface area contributed by atoms with Crippen LogP contribution >= 0.6 is 11.6 Å². The lowest BCUT2D eigenvalue weighted by Crippen LogP contribution is -2.07. The molecule has 0 aliphatic heterocycles. The molecule has 0 heterocycles. The van der Waals surface area contributed by atoms with Crippen molar-refractivity contribution in [2.24, 2.45) is 0 Å². The molecule has 0 amide bonds. The number of hydrogen-bond acceptors (Lipinski definition) is 2. The Labute approximate surface area is 126 Å². The van der Waals surface area contributed by atoms with Crippen molar-refractivity contribution in [1.82, 2.24) is 0 Å². The van der Waals surface area contributed by atoms with Gasteiger partial charge in [0, 0.05) is 0 Å². The van der Waals surface area contributed by atoms with Crippen molar-refractivity contribution < 1.29 is 19.0 Å². The molecule has 1 N–H and O–H groups in total. The number of para-hydroxylation sites is 1. The summed E-state index contributed by atoms with van der Waals surface area (Å²) in [6.45, 7) is 1.77. The van der Waals surface area contributed by atoms with E-state index in [9.17, 15) is 9.18 Å². The SMILES string of the molecule is CC(C(=O)O)c1ccc(COc2c(F)cccc2Cl)cc1. The van der Waals surface area contributed by atoms with Crippen LogP contribution in [0.5, 0.6) is 5.75 Å². The second kappa shape index (κ2) is 6.59. The van der Waals surface area contributed by atoms with E-state index >= 15 is 0 Å². The largest absolute Gasteiger partial charge is 0.484 e. The van der Waals surface area contributed by atoms with Crippen LogP contribution in [0.3, 0.4) is 0 Å². The molecule has 0 aliphatic carbocycles. The highest BCUT2D eigenvalue weighted by atomic mass is 35.5. The Kier molecular flexibility index (Phi) is 4.81. The molecule has 110 valence electrons. The Hall–Kier alpha value is -2.07. The Bertz CT molecular complexity index is 620. The minimum Gasteiger partial charge on any atom is -0.484 e. The molecule has 0 saturated heterocycles. The van der Waals surface area contributed by atoms with Crippen molar-refractivity contribution in [3.8, 4) is 5.75 Å². The van der Waals surface area contributed by atoms with Crippen molar-refractivity contribution in [3.63, 3.8) is 0 Å². The van der Waals surface area contributed by atoms with Gasteiger partial charge in [-0.2, -0.15) is 0 Å². The predicted molar refractivity (Wildman–Crippen MR) is 78.2 cm³/mol. The number of carboxylic acid groups (broad SMARTS) is 1. The van der Waals surface area contributed by atoms with Crippen LogP contribution in [0.2, 0.25) is 5.02 Å². The summed E-state index contributed by atoms with van der Waals surface area (Å²) in [6.07, 6.45) is 0. The minimum atomic E-state index is -0.878. The molecule has 2 rings (SSSR count). The molecule has 1 unspecified atom stereocenters. The lowest BCUT2D eigenvalue weighted by atomic mass is 10.0. The van der Waals surface area contributed by atoms with E-state index < -0.39 is 17.7 Å². The summed E-state index contributed by atoms with van der Waals surface area (Å²) in [4.78, 5) is 10.9. The van der Waals surface area contributed by atoms with Gasteiger partial charge in [-0.1, -0.05) is 41.9 Å². The zero-order valence-corrected chi connectivity index (χ0v) is 12.1. The lowest BCUT2D eigenvalue weighted by Gasteiger charge is -2.10. The fourth-order valence-corrected chi connectivity index (χ4v) is 2.04. The van der Waals surface area contributed by atoms with Gasteiger partial charge in [0.2, 0.25) is 0 Å². The number of halogens is 2. The van der Waals surface area contributed by atoms with Gasteiger partial charge in [0.1, 0.15) is 6.61 Å². The van der Waals surface area contributed by atoms with Crippen molar-refractivity contribution in [1.29, 1.82) is 0 Å². The number of ether oxygens (including phenoxy) is 1. The zero-order valence-electron chi connectivity index (χ0n) is 11.3. The van der Waals surface area contributed by atoms with Crippen LogP contribution in [0.15, 0.2) is 42.5 Å². The van der Waals surface area contributed by atoms with Gasteiger partial charge in [-0.25, -0.2) is 4.39 Å². The van der Waals surface area contributed by atoms with Crippen LogP contribution in [0.4, 0.5) is 4.39 Å². The molecule has 3 nitrogen and oxygen atoms in total. The predicted octanol–water partition coefficient (Wildman–Crippen LogP) is 4.25. The third kappa shape index (κ3) is 3.73. The number of aliphatic carboxylic acids is 1. The second-order valence-corrected chi connectivity index (χ2v) is 5.05. The molecule has 0 saturated carbocycles. The summed E-state index contributed by atoms with van der Waals surface area (Å²) in [5.41, 5.74) is 1.51. The lowest BCUT2D eigenvalue weighted by molar-refractivity contribution is -0.138. The molecule has 21 heavy (non-hydrogen) atoms. The molecular weight excluding hydrogens is 295 g/mol. The molecule has 0 fully saturated rings. The molecule has 1 atom stereocenters. The van der Waals surface area contributed by atoms with E-state index in [0.717, 1.165) is 5.56 Å². The van der Waals surface area contributed by atoms with Crippen LogP contribution in [-0.2, 0) is 11.4 Å². The normalized spacial score (nSPS) is 12.0. The number of benzene rings is 2. The van der Waals surface area contributed by atoms with E-state index in [1.54, 1.807) is 37.3 Å². The first kappa shape index (κ1) is 15.3. The maximum Gasteiger partial charge on any atom is 0.310 e. The van der Waals surface area contributed by atoms with Gasteiger partial charge in [-0.3, -0.25) is 4.79 Å². The third-order valence-corrected chi connectivity index (χ3v) is 3.45. The molecular formula is C16H14ClFO3. The second-order valence-electron chi connectivity index (χ2n) is 4.64. The first-order valence-corrected chi connectivity index (χ1v) is 6.75. The van der Waals surface area contributed by atoms with E-state index in [2.05, 4.69) is 0 Å². The maximum atomic E-state index is 13.5. The summed E-state index contributed by atoms with van der Waals surface area (Å²) >= 11 is 5.87. The average molecular weight is 309 g/mol. The van der Waals surface area contributed by atoms with Crippen molar-refractivity contribution in [2.75, 3.05) is 0 Å². The van der Waals surface area contributed by atoms with Gasteiger partial charge in [0.15, 0.2) is 11.6 Å². The smallest absolute Gasteiger partial charge is 0.310 e. The Morgan fingerprint density at radius 1 is 1.29 bits per heavy atom. The van der Waals surface area contributed by atoms with Crippen molar-refractivity contribution >= 4 is 17.6 Å². The summed E-state index contributed by atoms with van der Waals surface area (Å²) in [5, 5.41) is 9.15. The van der Waals surface area contributed by atoms with E-state index in [4.69, 9.17) is 21.4 Å². The molecule has 2 aromatic carbocycles. The molecule has 0 aliphatic rings. The first-order valence-electron chi connectivity index (χ1n) is 6.37. The molecule has 0 aromatic heterocycles. The Balaban J connectivity index is 2.06.